The van der Waals surface area contributed by atoms with Crippen molar-refractivity contribution in [1.29, 1.82) is 0 Å². The lowest BCUT2D eigenvalue weighted by molar-refractivity contribution is 0.492. The molecule has 1 saturated heterocycles. The van der Waals surface area contributed by atoms with Crippen LogP contribution in [0.2, 0.25) is 0 Å². The Morgan fingerprint density at radius 1 is 1.28 bits per heavy atom. The van der Waals surface area contributed by atoms with E-state index in [9.17, 15) is 0 Å². The summed E-state index contributed by atoms with van der Waals surface area (Å²) in [5, 5.41) is 9.61. The second-order valence-corrected chi connectivity index (χ2v) is 7.52. The Kier molecular flexibility index (Phi) is 3.37. The van der Waals surface area contributed by atoms with Crippen LogP contribution in [-0.4, -0.2) is 55.1 Å². The Balaban J connectivity index is 1.32. The van der Waals surface area contributed by atoms with Crippen LogP contribution >= 0.6 is 11.5 Å². The molecule has 3 aromatic heterocycles. The molecule has 0 unspecified atom stereocenters. The largest absolute Gasteiger partial charge is 0.349 e. The van der Waals surface area contributed by atoms with Crippen molar-refractivity contribution < 1.29 is 0 Å². The van der Waals surface area contributed by atoms with Gasteiger partial charge < -0.3 is 9.80 Å². The first-order chi connectivity index (χ1) is 12.2. The van der Waals surface area contributed by atoms with E-state index in [1.807, 2.05) is 16.8 Å². The van der Waals surface area contributed by atoms with Gasteiger partial charge in [0.25, 0.3) is 0 Å². The Morgan fingerprint density at radius 3 is 2.88 bits per heavy atom. The zero-order valence-electron chi connectivity index (χ0n) is 14.3. The van der Waals surface area contributed by atoms with Crippen LogP contribution in [0.3, 0.4) is 0 Å². The summed E-state index contributed by atoms with van der Waals surface area (Å²) in [4.78, 5) is 13.8. The SMILES string of the molecule is CCc1nnc2c(N3CC(N(C)c4nc(C5CC5)ns4)C3)nccn12. The van der Waals surface area contributed by atoms with E-state index < -0.39 is 0 Å². The minimum atomic E-state index is 0.427. The first-order valence-electron chi connectivity index (χ1n) is 8.74. The Hall–Kier alpha value is -2.29. The van der Waals surface area contributed by atoms with Crippen LogP contribution in [-0.2, 0) is 6.42 Å². The number of rotatable bonds is 5. The number of anilines is 2. The average molecular weight is 356 g/mol. The minimum absolute atomic E-state index is 0.427. The van der Waals surface area contributed by atoms with Crippen molar-refractivity contribution in [1.82, 2.24) is 28.9 Å². The molecule has 0 atom stereocenters. The van der Waals surface area contributed by atoms with Crippen LogP contribution in [0.1, 0.15) is 37.3 Å². The molecule has 0 amide bonds. The van der Waals surface area contributed by atoms with Gasteiger partial charge in [-0.3, -0.25) is 4.40 Å². The molecular weight excluding hydrogens is 336 g/mol. The van der Waals surface area contributed by atoms with Crippen molar-refractivity contribution in [3.05, 3.63) is 24.0 Å². The van der Waals surface area contributed by atoms with E-state index in [4.69, 9.17) is 4.98 Å². The summed E-state index contributed by atoms with van der Waals surface area (Å²) >= 11 is 1.51. The predicted octanol–water partition coefficient (Wildman–Crippen LogP) is 1.74. The molecule has 2 fully saturated rings. The third kappa shape index (κ3) is 2.45. The van der Waals surface area contributed by atoms with Crippen LogP contribution in [0.5, 0.6) is 0 Å². The number of nitrogens with zero attached hydrogens (tertiary/aromatic N) is 8. The smallest absolute Gasteiger partial charge is 0.205 e. The number of hydrogen-bond acceptors (Lipinski definition) is 8. The fourth-order valence-electron chi connectivity index (χ4n) is 3.23. The highest BCUT2D eigenvalue weighted by Gasteiger charge is 2.35. The summed E-state index contributed by atoms with van der Waals surface area (Å²) in [6.07, 6.45) is 7.10. The van der Waals surface area contributed by atoms with Crippen molar-refractivity contribution in [2.45, 2.75) is 38.1 Å². The van der Waals surface area contributed by atoms with E-state index in [1.165, 1.54) is 24.4 Å². The molecule has 0 aromatic carbocycles. The number of aryl methyl sites for hydroxylation is 1. The maximum atomic E-state index is 4.71. The van der Waals surface area contributed by atoms with Gasteiger partial charge in [-0.25, -0.2) is 9.97 Å². The lowest BCUT2D eigenvalue weighted by Gasteiger charge is -2.44. The van der Waals surface area contributed by atoms with Crippen molar-refractivity contribution in [2.24, 2.45) is 0 Å². The van der Waals surface area contributed by atoms with Crippen molar-refractivity contribution in [3.63, 3.8) is 0 Å². The molecular formula is C16H20N8S. The molecule has 130 valence electrons. The van der Waals surface area contributed by atoms with Gasteiger partial charge >= 0.3 is 0 Å². The molecule has 1 aliphatic carbocycles. The molecule has 0 bridgehead atoms. The van der Waals surface area contributed by atoms with Crippen LogP contribution in [0.15, 0.2) is 12.4 Å². The quantitative estimate of drug-likeness (QED) is 0.689. The maximum absolute atomic E-state index is 4.71. The van der Waals surface area contributed by atoms with Crippen LogP contribution in [0, 0.1) is 0 Å². The van der Waals surface area contributed by atoms with Crippen LogP contribution < -0.4 is 9.80 Å². The highest BCUT2D eigenvalue weighted by molar-refractivity contribution is 7.09. The molecule has 2 aliphatic rings. The van der Waals surface area contributed by atoms with Crippen molar-refractivity contribution in [2.75, 3.05) is 29.9 Å². The van der Waals surface area contributed by atoms with Crippen molar-refractivity contribution >= 4 is 28.1 Å². The molecule has 5 rings (SSSR count). The van der Waals surface area contributed by atoms with E-state index in [2.05, 4.69) is 43.3 Å². The van der Waals surface area contributed by atoms with E-state index >= 15 is 0 Å². The fourth-order valence-corrected chi connectivity index (χ4v) is 4.01. The second kappa shape index (κ2) is 5.62. The number of fused-ring (bicyclic) bond motifs is 1. The number of likely N-dealkylation sites (N-methyl/N-ethyl adjacent to an activating group) is 1. The Labute approximate surface area is 149 Å². The number of aromatic nitrogens is 6. The molecule has 1 aliphatic heterocycles. The number of hydrogen-bond donors (Lipinski definition) is 0. The second-order valence-electron chi connectivity index (χ2n) is 6.79. The Morgan fingerprint density at radius 2 is 2.12 bits per heavy atom. The molecule has 9 heteroatoms. The van der Waals surface area contributed by atoms with Gasteiger partial charge in [-0.2, -0.15) is 4.37 Å². The summed E-state index contributed by atoms with van der Waals surface area (Å²) < 4.78 is 6.55. The van der Waals surface area contributed by atoms with Gasteiger partial charge in [-0.05, 0) is 12.8 Å². The standard InChI is InChI=1S/C16H20N8S/c1-3-12-19-20-15-14(17-6-7-24(12)15)23-8-11(9-23)22(2)16-18-13(21-25-16)10-4-5-10/h6-7,10-11H,3-5,8-9H2,1-2H3. The molecule has 1 saturated carbocycles. The van der Waals surface area contributed by atoms with Crippen LogP contribution in [0.4, 0.5) is 10.9 Å². The molecule has 4 heterocycles. The van der Waals surface area contributed by atoms with Crippen LogP contribution in [0.25, 0.3) is 5.65 Å². The first kappa shape index (κ1) is 15.0. The third-order valence-corrected chi connectivity index (χ3v) is 5.90. The normalized spacial score (nSPS) is 17.9. The van der Waals surface area contributed by atoms with E-state index in [0.717, 1.165) is 47.8 Å². The minimum Gasteiger partial charge on any atom is -0.349 e. The molecule has 8 nitrogen and oxygen atoms in total. The van der Waals surface area contributed by atoms with E-state index in [1.54, 1.807) is 0 Å². The summed E-state index contributed by atoms with van der Waals surface area (Å²) in [5.41, 5.74) is 0.840. The van der Waals surface area contributed by atoms with Gasteiger partial charge in [-0.1, -0.05) is 6.92 Å². The zero-order valence-corrected chi connectivity index (χ0v) is 15.1. The van der Waals surface area contributed by atoms with Gasteiger partial charge in [0, 0.05) is 56.4 Å². The first-order valence-corrected chi connectivity index (χ1v) is 9.52. The maximum Gasteiger partial charge on any atom is 0.205 e. The fraction of sp³-hybridized carbons (Fsp3) is 0.562. The van der Waals surface area contributed by atoms with E-state index in [0.29, 0.717) is 12.0 Å². The molecule has 0 radical (unpaired) electrons. The van der Waals surface area contributed by atoms with Crippen molar-refractivity contribution in [3.8, 4) is 0 Å². The summed E-state index contributed by atoms with van der Waals surface area (Å²) in [7, 11) is 2.11. The lowest BCUT2D eigenvalue weighted by atomic mass is 10.1. The lowest BCUT2D eigenvalue weighted by Crippen LogP contribution is -2.59. The highest BCUT2D eigenvalue weighted by Crippen LogP contribution is 2.40. The monoisotopic (exact) mass is 356 g/mol. The predicted molar refractivity (Wildman–Crippen MR) is 96.4 cm³/mol. The molecule has 25 heavy (non-hydrogen) atoms. The van der Waals surface area contributed by atoms with Gasteiger partial charge in [0.15, 0.2) is 5.82 Å². The molecule has 0 spiro atoms. The summed E-state index contributed by atoms with van der Waals surface area (Å²) in [6, 6.07) is 0.427. The molecule has 0 N–H and O–H groups in total. The van der Waals surface area contributed by atoms with Gasteiger partial charge in [-0.15, -0.1) is 10.2 Å². The summed E-state index contributed by atoms with van der Waals surface area (Å²) in [5.74, 6) is 3.52. The zero-order chi connectivity index (χ0) is 17.0. The topological polar surface area (TPSA) is 75.3 Å². The Bertz CT molecular complexity index is 908. The highest BCUT2D eigenvalue weighted by atomic mass is 32.1. The van der Waals surface area contributed by atoms with Gasteiger partial charge in [0.05, 0.1) is 6.04 Å². The average Bonchev–Trinajstić information content (AvgIpc) is 3.17. The van der Waals surface area contributed by atoms with E-state index in [-0.39, 0.29) is 0 Å². The summed E-state index contributed by atoms with van der Waals surface area (Å²) in [6.45, 7) is 3.91. The van der Waals surface area contributed by atoms with Gasteiger partial charge in [0.2, 0.25) is 10.8 Å². The third-order valence-electron chi connectivity index (χ3n) is 5.08. The van der Waals surface area contributed by atoms with Gasteiger partial charge in [0.1, 0.15) is 11.6 Å². The molecule has 3 aromatic rings.